The van der Waals surface area contributed by atoms with E-state index < -0.39 is 20.0 Å². The third kappa shape index (κ3) is 6.25. The summed E-state index contributed by atoms with van der Waals surface area (Å²) in [5, 5.41) is 0. The monoisotopic (exact) mass is 466 g/mol. The lowest BCUT2D eigenvalue weighted by atomic mass is 10.1. The first-order valence-corrected chi connectivity index (χ1v) is 13.5. The second-order valence-electron chi connectivity index (χ2n) is 7.86. The second kappa shape index (κ2) is 10.1. The number of sulfonamides is 2. The van der Waals surface area contributed by atoms with Crippen LogP contribution in [0.5, 0.6) is 0 Å². The number of rotatable bonds is 9. The van der Waals surface area contributed by atoms with Gasteiger partial charge in [-0.1, -0.05) is 31.5 Å². The van der Waals surface area contributed by atoms with Gasteiger partial charge in [-0.3, -0.25) is 0 Å². The van der Waals surface area contributed by atoms with Gasteiger partial charge in [-0.25, -0.2) is 31.3 Å². The summed E-state index contributed by atoms with van der Waals surface area (Å²) in [6, 6.07) is 11.3. The Morgan fingerprint density at radius 2 is 1.68 bits per heavy atom. The Morgan fingerprint density at radius 1 is 1.00 bits per heavy atom. The van der Waals surface area contributed by atoms with Crippen LogP contribution in [0.2, 0.25) is 0 Å². The van der Waals surface area contributed by atoms with Gasteiger partial charge in [0.05, 0.1) is 4.90 Å². The van der Waals surface area contributed by atoms with Crippen molar-refractivity contribution >= 4 is 25.9 Å². The SMILES string of the molecule is CCCC(C)NS(=O)(=O)c1ccc(N2CCC(NS(=O)(=O)c3ccccc3)CC2)nc1. The fraction of sp³-hybridized carbons (Fsp3) is 0.476. The molecule has 10 heteroatoms. The quantitative estimate of drug-likeness (QED) is 0.588. The fourth-order valence-corrected chi connectivity index (χ4v) is 6.21. The van der Waals surface area contributed by atoms with Crippen LogP contribution in [0.25, 0.3) is 0 Å². The number of benzene rings is 1. The van der Waals surface area contributed by atoms with Gasteiger partial charge in [-0.05, 0) is 50.5 Å². The summed E-state index contributed by atoms with van der Waals surface area (Å²) in [5.41, 5.74) is 0. The molecule has 8 nitrogen and oxygen atoms in total. The molecule has 1 atom stereocenters. The number of hydrogen-bond donors (Lipinski definition) is 2. The molecule has 1 aliphatic heterocycles. The van der Waals surface area contributed by atoms with E-state index in [1.807, 2.05) is 18.7 Å². The van der Waals surface area contributed by atoms with Gasteiger partial charge in [0.1, 0.15) is 10.7 Å². The summed E-state index contributed by atoms with van der Waals surface area (Å²) in [6.07, 6.45) is 4.33. The van der Waals surface area contributed by atoms with Crippen molar-refractivity contribution in [1.29, 1.82) is 0 Å². The third-order valence-electron chi connectivity index (χ3n) is 5.30. The molecule has 31 heavy (non-hydrogen) atoms. The molecule has 2 aromatic rings. The van der Waals surface area contributed by atoms with Crippen molar-refractivity contribution in [2.24, 2.45) is 0 Å². The predicted octanol–water partition coefficient (Wildman–Crippen LogP) is 2.50. The average Bonchev–Trinajstić information content (AvgIpc) is 2.74. The highest BCUT2D eigenvalue weighted by Gasteiger charge is 2.25. The number of nitrogens with one attached hydrogen (secondary N) is 2. The molecule has 0 bridgehead atoms. The molecule has 1 aliphatic rings. The van der Waals surface area contributed by atoms with Gasteiger partial charge in [-0.15, -0.1) is 0 Å². The van der Waals surface area contributed by atoms with Crippen molar-refractivity contribution in [3.63, 3.8) is 0 Å². The van der Waals surface area contributed by atoms with E-state index in [1.165, 1.54) is 6.20 Å². The maximum Gasteiger partial charge on any atom is 0.242 e. The molecule has 170 valence electrons. The molecule has 1 fully saturated rings. The van der Waals surface area contributed by atoms with Gasteiger partial charge in [0.25, 0.3) is 0 Å². The van der Waals surface area contributed by atoms with Crippen LogP contribution in [0.15, 0.2) is 58.5 Å². The van der Waals surface area contributed by atoms with Crippen LogP contribution >= 0.6 is 0 Å². The van der Waals surface area contributed by atoms with Crippen LogP contribution in [-0.2, 0) is 20.0 Å². The maximum absolute atomic E-state index is 12.5. The lowest BCUT2D eigenvalue weighted by Crippen LogP contribution is -2.44. The van der Waals surface area contributed by atoms with E-state index in [9.17, 15) is 16.8 Å². The predicted molar refractivity (Wildman–Crippen MR) is 121 cm³/mol. The topological polar surface area (TPSA) is 108 Å². The van der Waals surface area contributed by atoms with Crippen LogP contribution in [0.1, 0.15) is 39.5 Å². The number of pyridine rings is 1. The van der Waals surface area contributed by atoms with E-state index in [0.717, 1.165) is 12.8 Å². The van der Waals surface area contributed by atoms with E-state index in [0.29, 0.717) is 31.7 Å². The number of aromatic nitrogens is 1. The molecule has 1 aromatic carbocycles. The van der Waals surface area contributed by atoms with Gasteiger partial charge in [0, 0.05) is 31.4 Å². The second-order valence-corrected chi connectivity index (χ2v) is 11.3. The van der Waals surface area contributed by atoms with Gasteiger partial charge in [0.15, 0.2) is 0 Å². The van der Waals surface area contributed by atoms with E-state index >= 15 is 0 Å². The molecule has 0 radical (unpaired) electrons. The molecule has 0 amide bonds. The first kappa shape index (κ1) is 23.6. The molecule has 1 aromatic heterocycles. The number of nitrogens with zero attached hydrogens (tertiary/aromatic N) is 2. The third-order valence-corrected chi connectivity index (χ3v) is 8.41. The Bertz CT molecular complexity index is 1050. The summed E-state index contributed by atoms with van der Waals surface area (Å²) in [5.74, 6) is 0.685. The van der Waals surface area contributed by atoms with Crippen LogP contribution in [0, 0.1) is 0 Å². The number of piperidine rings is 1. The number of anilines is 1. The normalized spacial score (nSPS) is 16.9. The zero-order valence-corrected chi connectivity index (χ0v) is 19.5. The van der Waals surface area contributed by atoms with Crippen LogP contribution in [0.3, 0.4) is 0 Å². The minimum absolute atomic E-state index is 0.131. The van der Waals surface area contributed by atoms with E-state index in [-0.39, 0.29) is 21.9 Å². The lowest BCUT2D eigenvalue weighted by molar-refractivity contribution is 0.458. The Morgan fingerprint density at radius 3 is 2.26 bits per heavy atom. The summed E-state index contributed by atoms with van der Waals surface area (Å²) < 4.78 is 55.4. The molecule has 0 saturated carbocycles. The van der Waals surface area contributed by atoms with Gasteiger partial charge in [0.2, 0.25) is 20.0 Å². The zero-order valence-electron chi connectivity index (χ0n) is 17.9. The smallest absolute Gasteiger partial charge is 0.242 e. The van der Waals surface area contributed by atoms with Crippen molar-refractivity contribution < 1.29 is 16.8 Å². The molecule has 0 spiro atoms. The highest BCUT2D eigenvalue weighted by molar-refractivity contribution is 7.89. The lowest BCUT2D eigenvalue weighted by Gasteiger charge is -2.33. The number of hydrogen-bond acceptors (Lipinski definition) is 6. The zero-order chi connectivity index (χ0) is 22.5. The van der Waals surface area contributed by atoms with E-state index in [2.05, 4.69) is 14.4 Å². The summed E-state index contributed by atoms with van der Waals surface area (Å²) in [4.78, 5) is 6.78. The standard InChI is InChI=1S/C21H30N4O4S2/c1-3-7-17(2)23-31(28,29)20-10-11-21(22-16-20)25-14-12-18(13-15-25)24-30(26,27)19-8-5-4-6-9-19/h4-6,8-11,16-18,23-24H,3,7,12-15H2,1-2H3. The van der Waals surface area contributed by atoms with Crippen molar-refractivity contribution in [2.45, 2.75) is 61.4 Å². The molecule has 2 heterocycles. The molecule has 0 aliphatic carbocycles. The Labute approximate surface area is 185 Å². The van der Waals surface area contributed by atoms with Crippen LogP contribution < -0.4 is 14.3 Å². The maximum atomic E-state index is 12.5. The van der Waals surface area contributed by atoms with Crippen molar-refractivity contribution in [3.05, 3.63) is 48.7 Å². The Kier molecular flexibility index (Phi) is 7.68. The Balaban J connectivity index is 1.57. The highest BCUT2D eigenvalue weighted by atomic mass is 32.2. The first-order chi connectivity index (χ1) is 14.7. The minimum atomic E-state index is -3.59. The Hall–Kier alpha value is -2.01. The molecule has 2 N–H and O–H groups in total. The molecular weight excluding hydrogens is 436 g/mol. The van der Waals surface area contributed by atoms with Crippen LogP contribution in [0.4, 0.5) is 5.82 Å². The van der Waals surface area contributed by atoms with Gasteiger partial charge in [-0.2, -0.15) is 0 Å². The van der Waals surface area contributed by atoms with Crippen molar-refractivity contribution in [1.82, 2.24) is 14.4 Å². The van der Waals surface area contributed by atoms with Gasteiger partial charge < -0.3 is 4.90 Å². The fourth-order valence-electron chi connectivity index (χ4n) is 3.66. The minimum Gasteiger partial charge on any atom is -0.357 e. The molecule has 1 unspecified atom stereocenters. The van der Waals surface area contributed by atoms with E-state index in [4.69, 9.17) is 0 Å². The van der Waals surface area contributed by atoms with Crippen molar-refractivity contribution in [2.75, 3.05) is 18.0 Å². The summed E-state index contributed by atoms with van der Waals surface area (Å²) in [6.45, 7) is 5.12. The van der Waals surface area contributed by atoms with Crippen LogP contribution in [-0.4, -0.2) is 47.0 Å². The largest absolute Gasteiger partial charge is 0.357 e. The van der Waals surface area contributed by atoms with Gasteiger partial charge >= 0.3 is 0 Å². The van der Waals surface area contributed by atoms with E-state index in [1.54, 1.807) is 42.5 Å². The van der Waals surface area contributed by atoms with Crippen molar-refractivity contribution in [3.8, 4) is 0 Å². The summed E-state index contributed by atoms with van der Waals surface area (Å²) >= 11 is 0. The summed E-state index contributed by atoms with van der Waals surface area (Å²) in [7, 11) is -7.13. The molecular formula is C21H30N4O4S2. The average molecular weight is 467 g/mol. The molecule has 3 rings (SSSR count). The molecule has 1 saturated heterocycles. The highest BCUT2D eigenvalue weighted by Crippen LogP contribution is 2.21. The first-order valence-electron chi connectivity index (χ1n) is 10.5.